The molecule has 0 bridgehead atoms. The normalized spacial score (nSPS) is 12.8. The lowest BCUT2D eigenvalue weighted by Crippen LogP contribution is -2.06. The zero-order valence-corrected chi connectivity index (χ0v) is 16.4. The molecule has 0 aromatic rings. The molecule has 0 rings (SSSR count). The van der Waals surface area contributed by atoms with Gasteiger partial charge in [0.15, 0.2) is 0 Å². The number of allylic oxidation sites excluding steroid dienone is 1. The number of aliphatic hydroxyl groups is 1. The van der Waals surface area contributed by atoms with Crippen molar-refractivity contribution in [1.82, 2.24) is 0 Å². The van der Waals surface area contributed by atoms with Gasteiger partial charge in [-0.15, -0.1) is 0 Å². The molecule has 2 N–H and O–H groups in total. The van der Waals surface area contributed by atoms with E-state index >= 15 is 0 Å². The highest BCUT2D eigenvalue weighted by atomic mass is 32.2. The van der Waals surface area contributed by atoms with Crippen molar-refractivity contribution in [3.05, 3.63) is 12.2 Å². The second-order valence-corrected chi connectivity index (χ2v) is 7.83. The molecular weight excluding hydrogens is 320 g/mol. The summed E-state index contributed by atoms with van der Waals surface area (Å²) in [4.78, 5) is 10.4. The zero-order chi connectivity index (χ0) is 17.9. The first-order valence-corrected chi connectivity index (χ1v) is 10.9. The van der Waals surface area contributed by atoms with E-state index in [1.165, 1.54) is 64.2 Å². The Balaban J connectivity index is 3.40. The van der Waals surface area contributed by atoms with Gasteiger partial charge in [0.2, 0.25) is 0 Å². The van der Waals surface area contributed by atoms with Crippen molar-refractivity contribution in [2.45, 2.75) is 95.6 Å². The number of hydrogen-bond acceptors (Lipinski definition) is 3. The maximum atomic E-state index is 10.4. The molecule has 0 saturated heterocycles. The Labute approximate surface area is 153 Å². The molecule has 0 radical (unpaired) electrons. The van der Waals surface area contributed by atoms with E-state index in [-0.39, 0.29) is 18.3 Å². The molecule has 0 fully saturated rings. The van der Waals surface area contributed by atoms with E-state index in [1.807, 2.05) is 0 Å². The lowest BCUT2D eigenvalue weighted by molar-refractivity contribution is -0.137. The molecule has 3 nitrogen and oxygen atoms in total. The maximum absolute atomic E-state index is 10.4. The molecular formula is C20H38O3S. The van der Waals surface area contributed by atoms with Crippen LogP contribution >= 0.6 is 11.8 Å². The molecule has 0 aliphatic carbocycles. The first-order chi connectivity index (χ1) is 11.7. The number of aliphatic carboxylic acids is 1. The van der Waals surface area contributed by atoms with Crippen LogP contribution < -0.4 is 0 Å². The molecule has 4 heteroatoms. The summed E-state index contributed by atoms with van der Waals surface area (Å²) in [6.07, 6.45) is 19.8. The topological polar surface area (TPSA) is 57.5 Å². The number of carbonyl (C=O) groups is 1. The Morgan fingerprint density at radius 1 is 0.958 bits per heavy atom. The van der Waals surface area contributed by atoms with Crippen LogP contribution in [-0.2, 0) is 4.79 Å². The molecule has 0 aliphatic rings. The molecule has 0 spiro atoms. The van der Waals surface area contributed by atoms with Crippen molar-refractivity contribution in [3.63, 3.8) is 0 Å². The third kappa shape index (κ3) is 17.9. The summed E-state index contributed by atoms with van der Waals surface area (Å²) in [5, 5.41) is 18.0. The molecule has 0 aromatic heterocycles. The molecule has 1 unspecified atom stereocenters. The second-order valence-electron chi connectivity index (χ2n) is 6.49. The minimum Gasteiger partial charge on any atom is -0.481 e. The molecule has 0 amide bonds. The van der Waals surface area contributed by atoms with Gasteiger partial charge in [0.25, 0.3) is 0 Å². The molecule has 0 heterocycles. The predicted molar refractivity (Wildman–Crippen MR) is 106 cm³/mol. The predicted octanol–water partition coefficient (Wildman–Crippen LogP) is 5.81. The van der Waals surface area contributed by atoms with E-state index in [2.05, 4.69) is 19.1 Å². The van der Waals surface area contributed by atoms with Crippen molar-refractivity contribution in [3.8, 4) is 0 Å². The van der Waals surface area contributed by atoms with Crippen molar-refractivity contribution < 1.29 is 15.0 Å². The number of aliphatic hydroxyl groups excluding tert-OH is 1. The second kappa shape index (κ2) is 18.9. The summed E-state index contributed by atoms with van der Waals surface area (Å²) < 4.78 is 0. The third-order valence-corrected chi connectivity index (χ3v) is 5.38. The van der Waals surface area contributed by atoms with E-state index in [0.29, 0.717) is 6.42 Å². The van der Waals surface area contributed by atoms with E-state index in [4.69, 9.17) is 5.11 Å². The van der Waals surface area contributed by atoms with Gasteiger partial charge in [0.1, 0.15) is 0 Å². The van der Waals surface area contributed by atoms with Crippen LogP contribution in [0.25, 0.3) is 0 Å². The van der Waals surface area contributed by atoms with Crippen molar-refractivity contribution in [1.29, 1.82) is 0 Å². The van der Waals surface area contributed by atoms with Gasteiger partial charge in [0, 0.05) is 11.7 Å². The summed E-state index contributed by atoms with van der Waals surface area (Å²) in [6.45, 7) is 2.39. The van der Waals surface area contributed by atoms with Gasteiger partial charge < -0.3 is 10.2 Å². The highest BCUT2D eigenvalue weighted by Gasteiger charge is 2.04. The van der Waals surface area contributed by atoms with Crippen LogP contribution in [0.3, 0.4) is 0 Å². The summed E-state index contributed by atoms with van der Waals surface area (Å²) in [5.41, 5.74) is 0. The summed E-state index contributed by atoms with van der Waals surface area (Å²) in [7, 11) is 0. The van der Waals surface area contributed by atoms with E-state index < -0.39 is 5.97 Å². The van der Waals surface area contributed by atoms with Gasteiger partial charge >= 0.3 is 5.97 Å². The van der Waals surface area contributed by atoms with Gasteiger partial charge in [-0.1, -0.05) is 76.9 Å². The van der Waals surface area contributed by atoms with Gasteiger partial charge in [0.05, 0.1) is 6.61 Å². The van der Waals surface area contributed by atoms with Crippen LogP contribution in [0.4, 0.5) is 0 Å². The van der Waals surface area contributed by atoms with Gasteiger partial charge in [-0.25, -0.2) is 0 Å². The largest absolute Gasteiger partial charge is 0.481 e. The summed E-state index contributed by atoms with van der Waals surface area (Å²) in [5.74, 6) is 0.0489. The van der Waals surface area contributed by atoms with E-state index in [0.717, 1.165) is 12.2 Å². The van der Waals surface area contributed by atoms with Crippen molar-refractivity contribution in [2.24, 2.45) is 0 Å². The fourth-order valence-electron chi connectivity index (χ4n) is 2.62. The lowest BCUT2D eigenvalue weighted by Gasteiger charge is -2.08. The van der Waals surface area contributed by atoms with Crippen LogP contribution in [0.5, 0.6) is 0 Å². The van der Waals surface area contributed by atoms with Crippen LogP contribution in [0, 0.1) is 0 Å². The quantitative estimate of drug-likeness (QED) is 0.240. The third-order valence-electron chi connectivity index (χ3n) is 4.12. The van der Waals surface area contributed by atoms with E-state index in [1.54, 1.807) is 11.8 Å². The van der Waals surface area contributed by atoms with Gasteiger partial charge in [-0.05, 0) is 25.0 Å². The van der Waals surface area contributed by atoms with E-state index in [9.17, 15) is 9.90 Å². The average Bonchev–Trinajstić information content (AvgIpc) is 2.57. The molecule has 24 heavy (non-hydrogen) atoms. The Morgan fingerprint density at radius 2 is 1.54 bits per heavy atom. The highest BCUT2D eigenvalue weighted by Crippen LogP contribution is 2.15. The number of hydrogen-bond donors (Lipinski definition) is 2. The minimum absolute atomic E-state index is 0.113. The number of rotatable bonds is 18. The fraction of sp³-hybridized carbons (Fsp3) is 0.850. The summed E-state index contributed by atoms with van der Waals surface area (Å²) in [6, 6.07) is 0. The number of carboxylic acids is 1. The minimum atomic E-state index is -0.743. The number of carboxylic acid groups (broad SMARTS) is 1. The standard InChI is InChI=1S/C20H38O3S/c1-2-3-4-5-6-7-8-9-10-11-12-13-15-19(18-21)24-17-14-16-20(22)23/h13,15,19,21H,2-12,14,16-18H2,1H3,(H,22,23). The molecule has 0 aromatic carbocycles. The van der Waals surface area contributed by atoms with Crippen molar-refractivity contribution in [2.75, 3.05) is 12.4 Å². The Hall–Kier alpha value is -0.480. The zero-order valence-electron chi connectivity index (χ0n) is 15.5. The Morgan fingerprint density at radius 3 is 2.08 bits per heavy atom. The van der Waals surface area contributed by atoms with Crippen LogP contribution in [0.1, 0.15) is 90.4 Å². The van der Waals surface area contributed by atoms with Crippen LogP contribution in [-0.4, -0.2) is 33.8 Å². The Bertz CT molecular complexity index is 305. The fourth-order valence-corrected chi connectivity index (χ4v) is 3.57. The average molecular weight is 359 g/mol. The number of unbranched alkanes of at least 4 members (excludes halogenated alkanes) is 10. The molecule has 1 atom stereocenters. The Kier molecular flexibility index (Phi) is 18.5. The van der Waals surface area contributed by atoms with Crippen LogP contribution in [0.2, 0.25) is 0 Å². The summed E-state index contributed by atoms with van der Waals surface area (Å²) >= 11 is 1.65. The van der Waals surface area contributed by atoms with Crippen LogP contribution in [0.15, 0.2) is 12.2 Å². The molecule has 142 valence electrons. The lowest BCUT2D eigenvalue weighted by atomic mass is 10.1. The molecule has 0 aliphatic heterocycles. The van der Waals surface area contributed by atoms with Gasteiger partial charge in [-0.3, -0.25) is 4.79 Å². The maximum Gasteiger partial charge on any atom is 0.303 e. The number of thioether (sulfide) groups is 1. The first-order valence-electron chi connectivity index (χ1n) is 9.81. The van der Waals surface area contributed by atoms with Gasteiger partial charge in [-0.2, -0.15) is 11.8 Å². The monoisotopic (exact) mass is 358 g/mol. The highest BCUT2D eigenvalue weighted by molar-refractivity contribution is 8.00. The van der Waals surface area contributed by atoms with Crippen molar-refractivity contribution >= 4 is 17.7 Å². The SMILES string of the molecule is CCCCCCCCCCCCC=CC(CO)SCCCC(=O)O. The smallest absolute Gasteiger partial charge is 0.303 e. The first kappa shape index (κ1) is 23.5. The molecule has 0 saturated carbocycles.